The van der Waals surface area contributed by atoms with E-state index in [-0.39, 0.29) is 44.1 Å². The number of nitro groups is 2. The predicted octanol–water partition coefficient (Wildman–Crippen LogP) is 1.37. The third kappa shape index (κ3) is 4.92. The van der Waals surface area contributed by atoms with E-state index in [0.29, 0.717) is 11.1 Å². The first-order valence-electron chi connectivity index (χ1n) is 11.3. The van der Waals surface area contributed by atoms with Gasteiger partial charge in [-0.05, 0) is 36.3 Å². The highest BCUT2D eigenvalue weighted by atomic mass is 32.1. The molecule has 3 aromatic rings. The number of hydrogen-bond donors (Lipinski definition) is 1. The van der Waals surface area contributed by atoms with Crippen molar-refractivity contribution in [1.82, 2.24) is 4.57 Å². The predicted molar refractivity (Wildman–Crippen MR) is 140 cm³/mol. The van der Waals surface area contributed by atoms with Crippen LogP contribution in [0.3, 0.4) is 0 Å². The van der Waals surface area contributed by atoms with Crippen LogP contribution in [0.1, 0.15) is 24.0 Å². The van der Waals surface area contributed by atoms with Crippen molar-refractivity contribution in [2.24, 2.45) is 5.73 Å². The molecule has 0 aliphatic carbocycles. The Morgan fingerprint density at radius 1 is 1.00 bits per heavy atom. The zero-order chi connectivity index (χ0) is 28.4. The van der Waals surface area contributed by atoms with Gasteiger partial charge in [-0.2, -0.15) is 0 Å². The first-order valence-corrected chi connectivity index (χ1v) is 12.1. The molecule has 1 atom stereocenters. The van der Waals surface area contributed by atoms with Gasteiger partial charge in [0.25, 0.3) is 16.9 Å². The fourth-order valence-electron chi connectivity index (χ4n) is 4.13. The smallest absolute Gasteiger partial charge is 0.338 e. The van der Waals surface area contributed by atoms with E-state index in [4.69, 9.17) is 15.2 Å². The number of non-ortho nitro benzene ring substituents is 2. The molecule has 1 aliphatic heterocycles. The van der Waals surface area contributed by atoms with Gasteiger partial charge in [-0.15, -0.1) is 11.3 Å². The zero-order valence-corrected chi connectivity index (χ0v) is 21.3. The van der Waals surface area contributed by atoms with Gasteiger partial charge in [-0.1, -0.05) is 12.1 Å². The number of rotatable bonds is 7. The average molecular weight is 553 g/mol. The van der Waals surface area contributed by atoms with Gasteiger partial charge >= 0.3 is 11.9 Å². The van der Waals surface area contributed by atoms with Crippen molar-refractivity contribution in [3.63, 3.8) is 0 Å². The SMILES string of the molecule is CCOC(=O)C1=c2s/c(=C/c3ccc([N+](=O)[O-])cc3)c(=O)n2C(N)=C(C(=O)OC)[C@H]1c1ccc([N+](=O)[O-])cc1. The normalized spacial score (nSPS) is 15.1. The van der Waals surface area contributed by atoms with Crippen LogP contribution in [0.5, 0.6) is 0 Å². The molecule has 0 amide bonds. The Balaban J connectivity index is 2.06. The van der Waals surface area contributed by atoms with Crippen LogP contribution >= 0.6 is 11.3 Å². The second-order valence-corrected chi connectivity index (χ2v) is 9.14. The Hall–Kier alpha value is -5.11. The quantitative estimate of drug-likeness (QED) is 0.255. The molecule has 1 aliphatic rings. The fourth-order valence-corrected chi connectivity index (χ4v) is 5.29. The lowest BCUT2D eigenvalue weighted by Crippen LogP contribution is -2.41. The summed E-state index contributed by atoms with van der Waals surface area (Å²) in [6.45, 7) is 1.57. The molecule has 0 spiro atoms. The highest BCUT2D eigenvalue weighted by Gasteiger charge is 2.39. The number of hydrogen-bond acceptors (Lipinski definition) is 11. The van der Waals surface area contributed by atoms with E-state index in [9.17, 15) is 34.6 Å². The van der Waals surface area contributed by atoms with Gasteiger partial charge in [0, 0.05) is 24.3 Å². The topological polar surface area (TPSA) is 187 Å². The first-order chi connectivity index (χ1) is 18.6. The van der Waals surface area contributed by atoms with E-state index >= 15 is 0 Å². The second-order valence-electron chi connectivity index (χ2n) is 8.11. The third-order valence-corrected chi connectivity index (χ3v) is 7.00. The highest BCUT2D eigenvalue weighted by molar-refractivity contribution is 7.07. The van der Waals surface area contributed by atoms with Crippen molar-refractivity contribution in [3.8, 4) is 0 Å². The molecule has 1 aromatic heterocycles. The van der Waals surface area contributed by atoms with E-state index < -0.39 is 33.3 Å². The molecular formula is C25H20N4O9S. The average Bonchev–Trinajstić information content (AvgIpc) is 3.24. The van der Waals surface area contributed by atoms with Crippen LogP contribution in [-0.4, -0.2) is 40.1 Å². The summed E-state index contributed by atoms with van der Waals surface area (Å²) in [7, 11) is 1.11. The van der Waals surface area contributed by atoms with Gasteiger partial charge in [0.1, 0.15) is 10.5 Å². The van der Waals surface area contributed by atoms with Gasteiger partial charge < -0.3 is 15.2 Å². The number of nitrogens with zero attached hydrogens (tertiary/aromatic N) is 3. The molecule has 0 saturated heterocycles. The number of ether oxygens (including phenoxy) is 2. The van der Waals surface area contributed by atoms with Crippen molar-refractivity contribution in [1.29, 1.82) is 0 Å². The third-order valence-electron chi connectivity index (χ3n) is 5.89. The van der Waals surface area contributed by atoms with E-state index in [1.54, 1.807) is 6.92 Å². The minimum Gasteiger partial charge on any atom is -0.466 e. The molecule has 2 aromatic carbocycles. The molecule has 2 heterocycles. The number of benzene rings is 2. The Morgan fingerprint density at radius 3 is 2.08 bits per heavy atom. The van der Waals surface area contributed by atoms with Gasteiger partial charge in [0.05, 0.1) is 45.2 Å². The Kier molecular flexibility index (Phi) is 7.40. The Labute approximate surface area is 223 Å². The summed E-state index contributed by atoms with van der Waals surface area (Å²) in [5, 5.41) is 22.1. The van der Waals surface area contributed by atoms with E-state index in [1.807, 2.05) is 0 Å². The number of nitrogens with two attached hydrogens (primary N) is 1. The van der Waals surface area contributed by atoms with Crippen molar-refractivity contribution >= 4 is 52.1 Å². The second kappa shape index (κ2) is 10.7. The summed E-state index contributed by atoms with van der Waals surface area (Å²) in [5.74, 6) is -3.19. The number of esters is 2. The minimum absolute atomic E-state index is 0.0144. The molecule has 39 heavy (non-hydrogen) atoms. The van der Waals surface area contributed by atoms with Gasteiger partial charge in [-0.25, -0.2) is 9.59 Å². The van der Waals surface area contributed by atoms with Gasteiger partial charge in [0.15, 0.2) is 0 Å². The van der Waals surface area contributed by atoms with Crippen molar-refractivity contribution in [2.45, 2.75) is 12.8 Å². The van der Waals surface area contributed by atoms with E-state index in [2.05, 4.69) is 0 Å². The minimum atomic E-state index is -1.16. The van der Waals surface area contributed by atoms with E-state index in [0.717, 1.165) is 23.0 Å². The number of thiazole rings is 1. The Bertz CT molecular complexity index is 1720. The largest absolute Gasteiger partial charge is 0.466 e. The standard InChI is InChI=1S/C25H20N4O9S/c1-3-38-25(32)20-18(14-6-10-16(11-7-14)29(35)36)19(24(31)37-2)21(26)27-22(30)17(39-23(20)27)12-13-4-8-15(9-5-13)28(33)34/h4-12,18H,3,26H2,1-2H3/b17-12+/t18-/m1/s1. The fraction of sp³-hybridized carbons (Fsp3) is 0.160. The van der Waals surface area contributed by atoms with Crippen LogP contribution in [0.2, 0.25) is 0 Å². The number of fused-ring (bicyclic) bond motifs is 1. The molecule has 13 nitrogen and oxygen atoms in total. The maximum atomic E-state index is 13.5. The van der Waals surface area contributed by atoms with Crippen molar-refractivity contribution in [2.75, 3.05) is 13.7 Å². The number of carbonyl (C=O) groups is 2. The zero-order valence-electron chi connectivity index (χ0n) is 20.5. The maximum absolute atomic E-state index is 13.5. The molecule has 0 fully saturated rings. The van der Waals surface area contributed by atoms with Crippen LogP contribution in [-0.2, 0) is 19.1 Å². The van der Waals surface area contributed by atoms with Crippen molar-refractivity contribution < 1.29 is 28.9 Å². The molecule has 0 unspecified atom stereocenters. The molecule has 200 valence electrons. The first kappa shape index (κ1) is 26.9. The molecular weight excluding hydrogens is 532 g/mol. The van der Waals surface area contributed by atoms with Gasteiger partial charge in [-0.3, -0.25) is 29.6 Å². The summed E-state index contributed by atoms with van der Waals surface area (Å²) in [5.41, 5.74) is 5.85. The number of nitro benzene ring substituents is 2. The maximum Gasteiger partial charge on any atom is 0.338 e. The van der Waals surface area contributed by atoms with Crippen LogP contribution in [0, 0.1) is 20.2 Å². The lowest BCUT2D eigenvalue weighted by atomic mass is 9.83. The molecule has 0 bridgehead atoms. The lowest BCUT2D eigenvalue weighted by molar-refractivity contribution is -0.385. The van der Waals surface area contributed by atoms with Crippen LogP contribution < -0.4 is 20.5 Å². The molecule has 4 rings (SSSR count). The summed E-state index contributed by atoms with van der Waals surface area (Å²) in [4.78, 5) is 60.7. The summed E-state index contributed by atoms with van der Waals surface area (Å²) < 4.78 is 11.4. The number of carbonyl (C=O) groups excluding carboxylic acids is 2. The summed E-state index contributed by atoms with van der Waals surface area (Å²) >= 11 is 0.910. The molecule has 0 radical (unpaired) electrons. The van der Waals surface area contributed by atoms with Crippen molar-refractivity contribution in [3.05, 3.63) is 105 Å². The molecule has 2 N–H and O–H groups in total. The van der Waals surface area contributed by atoms with Gasteiger partial charge in [0.2, 0.25) is 0 Å². The van der Waals surface area contributed by atoms with Crippen LogP contribution in [0.15, 0.2) is 58.9 Å². The highest BCUT2D eigenvalue weighted by Crippen LogP contribution is 2.38. The summed E-state index contributed by atoms with van der Waals surface area (Å²) in [6.07, 6.45) is 1.47. The molecule has 0 saturated carbocycles. The van der Waals surface area contributed by atoms with E-state index in [1.165, 1.54) is 54.6 Å². The Morgan fingerprint density at radius 2 is 1.56 bits per heavy atom. The van der Waals surface area contributed by atoms with Crippen LogP contribution in [0.4, 0.5) is 11.4 Å². The lowest BCUT2D eigenvalue weighted by Gasteiger charge is -2.26. The number of aromatic nitrogens is 1. The molecule has 14 heteroatoms. The van der Waals surface area contributed by atoms with Crippen LogP contribution in [0.25, 0.3) is 17.5 Å². The monoisotopic (exact) mass is 552 g/mol. The summed E-state index contributed by atoms with van der Waals surface area (Å²) in [6, 6.07) is 10.7. The number of methoxy groups -OCH3 is 1.